The topological polar surface area (TPSA) is 12.9 Å². The van der Waals surface area contributed by atoms with Crippen molar-refractivity contribution < 1.29 is 0 Å². The monoisotopic (exact) mass is 491 g/mol. The minimum atomic E-state index is -0.898. The average Bonchev–Trinajstić information content (AvgIpc) is 2.76. The maximum absolute atomic E-state index is 4.92. The molecule has 1 heterocycles. The molecule has 3 aromatic rings. The van der Waals surface area contributed by atoms with Crippen molar-refractivity contribution in [2.45, 2.75) is 86.0 Å². The number of hydrogen-bond donors (Lipinski definition) is 0. The Morgan fingerprint density at radius 1 is 0.629 bits per heavy atom. The number of nitrogens with zero attached hydrogens (tertiary/aromatic N) is 1. The van der Waals surface area contributed by atoms with Gasteiger partial charge in [-0.15, -0.1) is 0 Å². The van der Waals surface area contributed by atoms with E-state index in [2.05, 4.69) is 112 Å². The lowest BCUT2D eigenvalue weighted by molar-refractivity contribution is 0.695. The molecule has 1 aromatic heterocycles. The molecule has 0 radical (unpaired) electrons. The molecule has 0 N–H and O–H groups in total. The Hall–Kier alpha value is -1.80. The van der Waals surface area contributed by atoms with Crippen LogP contribution in [-0.4, -0.2) is 22.2 Å². The Morgan fingerprint density at radius 3 is 1.60 bits per heavy atom. The molecule has 0 aliphatic rings. The van der Waals surface area contributed by atoms with Crippen LogP contribution in [0, 0.1) is 17.8 Å². The minimum absolute atomic E-state index is 0.501. The van der Waals surface area contributed by atoms with Crippen molar-refractivity contribution in [1.29, 1.82) is 0 Å². The highest BCUT2D eigenvalue weighted by Crippen LogP contribution is 2.59. The maximum Gasteiger partial charge on any atom is 0.0780 e. The van der Waals surface area contributed by atoms with Crippen LogP contribution >= 0.6 is 10.0 Å². The molecule has 0 unspecified atom stereocenters. The first-order valence-corrected chi connectivity index (χ1v) is 15.9. The van der Waals surface area contributed by atoms with Crippen LogP contribution in [0.3, 0.4) is 0 Å². The van der Waals surface area contributed by atoms with Gasteiger partial charge < -0.3 is 0 Å². The van der Waals surface area contributed by atoms with E-state index in [-0.39, 0.29) is 0 Å². The largest absolute Gasteiger partial charge is 0.256 e. The smallest absolute Gasteiger partial charge is 0.0780 e. The van der Waals surface area contributed by atoms with Gasteiger partial charge in [-0.05, 0) is 98.6 Å². The third-order valence-corrected chi connectivity index (χ3v) is 11.9. The fraction of sp³-hybridized carbons (Fsp3) is 0.545. The number of fused-ring (bicyclic) bond motifs is 1. The van der Waals surface area contributed by atoms with Gasteiger partial charge in [0.2, 0.25) is 0 Å². The van der Waals surface area contributed by atoms with Gasteiger partial charge in [-0.1, -0.05) is 81.4 Å². The molecule has 192 valence electrons. The summed E-state index contributed by atoms with van der Waals surface area (Å²) in [4.78, 5) is 6.52. The average molecular weight is 492 g/mol. The Kier molecular flexibility index (Phi) is 9.13. The van der Waals surface area contributed by atoms with Gasteiger partial charge in [-0.25, -0.2) is 10.0 Å². The van der Waals surface area contributed by atoms with Gasteiger partial charge in [0.25, 0.3) is 0 Å². The van der Waals surface area contributed by atoms with Gasteiger partial charge in [0.05, 0.1) is 5.69 Å². The Balaban J connectivity index is 2.20. The molecule has 0 bridgehead atoms. The molecule has 0 saturated carbocycles. The fourth-order valence-corrected chi connectivity index (χ4v) is 11.1. The third-order valence-electron chi connectivity index (χ3n) is 6.78. The van der Waals surface area contributed by atoms with E-state index in [0.717, 1.165) is 5.69 Å². The van der Waals surface area contributed by atoms with Crippen LogP contribution in [0.5, 0.6) is 0 Å². The zero-order chi connectivity index (χ0) is 25.9. The summed E-state index contributed by atoms with van der Waals surface area (Å²) in [5.41, 5.74) is 5.17. The van der Waals surface area contributed by atoms with Gasteiger partial charge in [-0.3, -0.25) is 4.98 Å². The SMILES string of the molecule is CC(C)CS(CC(C)C)(CC(C)C)c1ccc2c(-c3cc(C(C)C)cc(C(C)C)c3)nccc2c1. The van der Waals surface area contributed by atoms with Crippen molar-refractivity contribution in [3.63, 3.8) is 0 Å². The van der Waals surface area contributed by atoms with Gasteiger partial charge in [0, 0.05) is 17.1 Å². The van der Waals surface area contributed by atoms with Crippen LogP contribution < -0.4 is 0 Å². The lowest BCUT2D eigenvalue weighted by Crippen LogP contribution is -2.23. The van der Waals surface area contributed by atoms with Crippen molar-refractivity contribution in [3.05, 3.63) is 59.8 Å². The molecule has 3 rings (SSSR count). The van der Waals surface area contributed by atoms with E-state index in [1.165, 1.54) is 44.7 Å². The molecule has 0 aliphatic heterocycles. The summed E-state index contributed by atoms with van der Waals surface area (Å²) in [6.45, 7) is 23.6. The van der Waals surface area contributed by atoms with Gasteiger partial charge in [0.1, 0.15) is 0 Å². The van der Waals surface area contributed by atoms with E-state index in [1.807, 2.05) is 6.20 Å². The number of pyridine rings is 1. The zero-order valence-corrected chi connectivity index (χ0v) is 24.8. The van der Waals surface area contributed by atoms with Crippen LogP contribution in [0.25, 0.3) is 22.0 Å². The summed E-state index contributed by atoms with van der Waals surface area (Å²) < 4.78 is 0. The van der Waals surface area contributed by atoms with Crippen molar-refractivity contribution in [2.24, 2.45) is 17.8 Å². The number of hydrogen-bond acceptors (Lipinski definition) is 1. The van der Waals surface area contributed by atoms with Crippen molar-refractivity contribution in [2.75, 3.05) is 17.3 Å². The molecule has 0 spiro atoms. The van der Waals surface area contributed by atoms with E-state index < -0.39 is 10.0 Å². The lowest BCUT2D eigenvalue weighted by atomic mass is 9.91. The van der Waals surface area contributed by atoms with Crippen LogP contribution in [0.4, 0.5) is 0 Å². The molecule has 0 amide bonds. The highest BCUT2D eigenvalue weighted by Gasteiger charge is 2.30. The molecule has 1 nitrogen and oxygen atoms in total. The van der Waals surface area contributed by atoms with Crippen molar-refractivity contribution >= 4 is 20.8 Å². The first-order valence-electron chi connectivity index (χ1n) is 13.7. The summed E-state index contributed by atoms with van der Waals surface area (Å²) in [6.07, 6.45) is 2.02. The summed E-state index contributed by atoms with van der Waals surface area (Å²) in [7, 11) is -0.898. The molecule has 0 atom stereocenters. The van der Waals surface area contributed by atoms with Crippen LogP contribution in [0.2, 0.25) is 0 Å². The van der Waals surface area contributed by atoms with E-state index in [0.29, 0.717) is 29.6 Å². The molecule has 2 heteroatoms. The van der Waals surface area contributed by atoms with Crippen LogP contribution in [0.1, 0.15) is 92.2 Å². The van der Waals surface area contributed by atoms with E-state index in [4.69, 9.17) is 4.98 Å². The number of aromatic nitrogens is 1. The summed E-state index contributed by atoms with van der Waals surface area (Å²) in [5, 5.41) is 2.61. The summed E-state index contributed by atoms with van der Waals surface area (Å²) in [5.74, 6) is 7.09. The second-order valence-corrected chi connectivity index (χ2v) is 16.0. The second-order valence-electron chi connectivity index (χ2n) is 12.5. The molecule has 2 aromatic carbocycles. The third kappa shape index (κ3) is 6.70. The predicted octanol–water partition coefficient (Wildman–Crippen LogP) is 10.3. The normalized spacial score (nSPS) is 13.2. The van der Waals surface area contributed by atoms with Gasteiger partial charge in [-0.2, -0.15) is 0 Å². The number of rotatable bonds is 10. The molecule has 0 fully saturated rings. The van der Waals surface area contributed by atoms with E-state index in [1.54, 1.807) is 4.90 Å². The van der Waals surface area contributed by atoms with Crippen LogP contribution in [0.15, 0.2) is 53.6 Å². The second kappa shape index (κ2) is 11.5. The maximum atomic E-state index is 4.92. The molecular formula is C33H49NS. The first kappa shape index (κ1) is 27.8. The Bertz CT molecular complexity index is 1070. The quantitative estimate of drug-likeness (QED) is 0.275. The lowest BCUT2D eigenvalue weighted by Gasteiger charge is -2.45. The van der Waals surface area contributed by atoms with Gasteiger partial charge >= 0.3 is 0 Å². The molecule has 0 aliphatic carbocycles. The van der Waals surface area contributed by atoms with Crippen molar-refractivity contribution in [3.8, 4) is 11.3 Å². The van der Waals surface area contributed by atoms with E-state index >= 15 is 0 Å². The Labute approximate surface area is 217 Å². The van der Waals surface area contributed by atoms with Crippen LogP contribution in [-0.2, 0) is 0 Å². The summed E-state index contributed by atoms with van der Waals surface area (Å²) >= 11 is 0. The molecule has 0 saturated heterocycles. The standard InChI is InChI=1S/C33H49NS/c1-22(2)19-35(20-23(3)4,21-24(5)6)31-11-12-32-27(18-31)13-14-34-33(32)30-16-28(25(7)8)15-29(17-30)26(9)10/h11-18,22-26H,19-21H2,1-10H3. The minimum Gasteiger partial charge on any atom is -0.256 e. The van der Waals surface area contributed by atoms with Gasteiger partial charge in [0.15, 0.2) is 0 Å². The number of benzene rings is 2. The molecule has 35 heavy (non-hydrogen) atoms. The highest BCUT2D eigenvalue weighted by atomic mass is 32.3. The first-order chi connectivity index (χ1) is 16.4. The Morgan fingerprint density at radius 2 is 1.14 bits per heavy atom. The summed E-state index contributed by atoms with van der Waals surface area (Å²) in [6, 6.07) is 16.7. The van der Waals surface area contributed by atoms with E-state index in [9.17, 15) is 0 Å². The fourth-order valence-electron chi connectivity index (χ4n) is 5.54. The highest BCUT2D eigenvalue weighted by molar-refractivity contribution is 8.33. The van der Waals surface area contributed by atoms with Crippen molar-refractivity contribution in [1.82, 2.24) is 4.98 Å². The zero-order valence-electron chi connectivity index (χ0n) is 24.0. The molecular weight excluding hydrogens is 442 g/mol. The predicted molar refractivity (Wildman–Crippen MR) is 160 cm³/mol.